The van der Waals surface area contributed by atoms with Gasteiger partial charge in [-0.1, -0.05) is 30.3 Å². The first-order valence-corrected chi connectivity index (χ1v) is 5.56. The van der Waals surface area contributed by atoms with E-state index in [9.17, 15) is 13.2 Å². The van der Waals surface area contributed by atoms with Crippen LogP contribution in [0.2, 0.25) is 0 Å². The fourth-order valence-electron chi connectivity index (χ4n) is 0.980. The van der Waals surface area contributed by atoms with Gasteiger partial charge in [0.15, 0.2) is 0 Å². The van der Waals surface area contributed by atoms with Crippen molar-refractivity contribution in [2.75, 3.05) is 7.11 Å². The average molecular weight is 214 g/mol. The number of hydrogen-bond donors (Lipinski definition) is 0. The molecule has 1 aromatic rings. The minimum Gasteiger partial charge on any atom is -0.457 e. The molecule has 4 nitrogen and oxygen atoms in total. The molecule has 0 fully saturated rings. The van der Waals surface area contributed by atoms with Crippen molar-refractivity contribution in [3.63, 3.8) is 0 Å². The molecule has 0 aliphatic rings. The standard InChI is InChI=1S/C9H10O4S/c1-13-9(10)14(11,12)7-8-5-3-2-4-6-8/h2-6H,7H2,1H3. The molecule has 0 aliphatic carbocycles. The van der Waals surface area contributed by atoms with Crippen LogP contribution < -0.4 is 0 Å². The Morgan fingerprint density at radius 2 is 1.86 bits per heavy atom. The molecule has 1 rings (SSSR count). The van der Waals surface area contributed by atoms with Crippen LogP contribution in [0.1, 0.15) is 5.56 Å². The van der Waals surface area contributed by atoms with E-state index in [2.05, 4.69) is 4.74 Å². The van der Waals surface area contributed by atoms with Gasteiger partial charge < -0.3 is 4.74 Å². The van der Waals surface area contributed by atoms with Crippen LogP contribution in [0, 0.1) is 0 Å². The quantitative estimate of drug-likeness (QED) is 0.697. The van der Waals surface area contributed by atoms with Gasteiger partial charge in [0.05, 0.1) is 12.9 Å². The van der Waals surface area contributed by atoms with Gasteiger partial charge in [0.1, 0.15) is 0 Å². The van der Waals surface area contributed by atoms with Gasteiger partial charge in [0.25, 0.3) is 9.84 Å². The van der Waals surface area contributed by atoms with Crippen LogP contribution >= 0.6 is 0 Å². The van der Waals surface area contributed by atoms with E-state index in [0.717, 1.165) is 7.11 Å². The molecule has 0 saturated heterocycles. The molecule has 0 saturated carbocycles. The first kappa shape index (κ1) is 10.7. The van der Waals surface area contributed by atoms with Gasteiger partial charge in [-0.05, 0) is 5.56 Å². The van der Waals surface area contributed by atoms with E-state index in [1.807, 2.05) is 0 Å². The zero-order chi connectivity index (χ0) is 10.6. The first-order valence-electron chi connectivity index (χ1n) is 3.91. The molecule has 0 amide bonds. The van der Waals surface area contributed by atoms with Crippen molar-refractivity contribution in [3.05, 3.63) is 35.9 Å². The topological polar surface area (TPSA) is 60.4 Å². The van der Waals surface area contributed by atoms with Gasteiger partial charge in [-0.25, -0.2) is 13.2 Å². The van der Waals surface area contributed by atoms with E-state index >= 15 is 0 Å². The van der Waals surface area contributed by atoms with Crippen LogP contribution in [-0.4, -0.2) is 20.8 Å². The first-order chi connectivity index (χ1) is 6.56. The Bertz CT molecular complexity index is 408. The second-order valence-electron chi connectivity index (χ2n) is 2.70. The summed E-state index contributed by atoms with van der Waals surface area (Å²) in [7, 11) is -2.78. The minimum atomic E-state index is -3.82. The highest BCUT2D eigenvalue weighted by Gasteiger charge is 2.22. The van der Waals surface area contributed by atoms with Gasteiger partial charge in [0.2, 0.25) is 0 Å². The second-order valence-corrected chi connectivity index (χ2v) is 4.55. The lowest BCUT2D eigenvalue weighted by atomic mass is 10.2. The Morgan fingerprint density at radius 3 is 2.36 bits per heavy atom. The molecular weight excluding hydrogens is 204 g/mol. The van der Waals surface area contributed by atoms with Gasteiger partial charge >= 0.3 is 5.30 Å². The maximum absolute atomic E-state index is 11.3. The maximum Gasteiger partial charge on any atom is 0.424 e. The van der Waals surface area contributed by atoms with E-state index < -0.39 is 15.1 Å². The lowest BCUT2D eigenvalue weighted by Gasteiger charge is -2.01. The van der Waals surface area contributed by atoms with Crippen molar-refractivity contribution in [2.45, 2.75) is 5.75 Å². The van der Waals surface area contributed by atoms with Crippen molar-refractivity contribution in [1.82, 2.24) is 0 Å². The molecule has 0 heterocycles. The van der Waals surface area contributed by atoms with Crippen LogP contribution in [-0.2, 0) is 20.3 Å². The fourth-order valence-corrected chi connectivity index (χ4v) is 1.98. The van der Waals surface area contributed by atoms with Crippen molar-refractivity contribution in [3.8, 4) is 0 Å². The van der Waals surface area contributed by atoms with Gasteiger partial charge in [-0.3, -0.25) is 0 Å². The lowest BCUT2D eigenvalue weighted by Crippen LogP contribution is -2.16. The number of ether oxygens (including phenoxy) is 1. The average Bonchev–Trinajstić information content (AvgIpc) is 2.17. The lowest BCUT2D eigenvalue weighted by molar-refractivity contribution is 0.197. The molecule has 0 aromatic heterocycles. The van der Waals surface area contributed by atoms with Crippen LogP contribution in [0.3, 0.4) is 0 Å². The summed E-state index contributed by atoms with van der Waals surface area (Å²) < 4.78 is 26.7. The van der Waals surface area contributed by atoms with E-state index in [1.54, 1.807) is 30.3 Å². The molecule has 0 unspecified atom stereocenters. The van der Waals surface area contributed by atoms with E-state index in [-0.39, 0.29) is 5.75 Å². The molecule has 0 radical (unpaired) electrons. The molecular formula is C9H10O4S. The fraction of sp³-hybridized carbons (Fsp3) is 0.222. The Balaban J connectivity index is 2.85. The van der Waals surface area contributed by atoms with Crippen LogP contribution in [0.4, 0.5) is 4.79 Å². The molecule has 0 atom stereocenters. The third-order valence-electron chi connectivity index (χ3n) is 1.62. The van der Waals surface area contributed by atoms with Gasteiger partial charge in [-0.2, -0.15) is 0 Å². The largest absolute Gasteiger partial charge is 0.457 e. The predicted molar refractivity (Wildman–Crippen MR) is 51.5 cm³/mol. The van der Waals surface area contributed by atoms with Crippen LogP contribution in [0.5, 0.6) is 0 Å². The number of benzene rings is 1. The van der Waals surface area contributed by atoms with Gasteiger partial charge in [-0.15, -0.1) is 0 Å². The minimum absolute atomic E-state index is 0.319. The van der Waals surface area contributed by atoms with E-state index in [1.165, 1.54) is 0 Å². The summed E-state index contributed by atoms with van der Waals surface area (Å²) in [5.74, 6) is -0.319. The smallest absolute Gasteiger partial charge is 0.424 e. The monoisotopic (exact) mass is 214 g/mol. The summed E-state index contributed by atoms with van der Waals surface area (Å²) in [6, 6.07) is 8.47. The molecule has 0 N–H and O–H groups in total. The highest BCUT2D eigenvalue weighted by molar-refractivity contribution is 8.05. The Labute approximate surface area is 82.4 Å². The van der Waals surface area contributed by atoms with Crippen molar-refractivity contribution in [2.24, 2.45) is 0 Å². The maximum atomic E-state index is 11.3. The molecule has 0 aliphatic heterocycles. The summed E-state index contributed by atoms with van der Waals surface area (Å²) in [6.45, 7) is 0. The zero-order valence-corrected chi connectivity index (χ0v) is 8.45. The number of methoxy groups -OCH3 is 1. The number of carbonyl (C=O) groups excluding carboxylic acids is 1. The third kappa shape index (κ3) is 2.56. The van der Waals surface area contributed by atoms with Crippen LogP contribution in [0.25, 0.3) is 0 Å². The number of carbonyl (C=O) groups is 1. The summed E-state index contributed by atoms with van der Waals surface area (Å²) in [6.07, 6.45) is 0. The highest BCUT2D eigenvalue weighted by atomic mass is 32.2. The molecule has 1 aromatic carbocycles. The summed E-state index contributed by atoms with van der Waals surface area (Å²) in [5.41, 5.74) is 0.568. The number of hydrogen-bond acceptors (Lipinski definition) is 4. The highest BCUT2D eigenvalue weighted by Crippen LogP contribution is 2.07. The third-order valence-corrected chi connectivity index (χ3v) is 3.01. The van der Waals surface area contributed by atoms with Crippen molar-refractivity contribution >= 4 is 15.1 Å². The van der Waals surface area contributed by atoms with Crippen molar-refractivity contribution in [1.29, 1.82) is 0 Å². The number of rotatable bonds is 2. The molecule has 14 heavy (non-hydrogen) atoms. The summed E-state index contributed by atoms with van der Waals surface area (Å²) in [5, 5.41) is -1.19. The Kier molecular flexibility index (Phi) is 3.24. The predicted octanol–water partition coefficient (Wildman–Crippen LogP) is 1.37. The summed E-state index contributed by atoms with van der Waals surface area (Å²) >= 11 is 0. The summed E-state index contributed by atoms with van der Waals surface area (Å²) in [4.78, 5) is 10.8. The second kappa shape index (κ2) is 4.23. The van der Waals surface area contributed by atoms with E-state index in [4.69, 9.17) is 0 Å². The van der Waals surface area contributed by atoms with E-state index in [0.29, 0.717) is 5.56 Å². The van der Waals surface area contributed by atoms with Gasteiger partial charge in [0, 0.05) is 0 Å². The molecule has 0 spiro atoms. The molecule has 5 heteroatoms. The van der Waals surface area contributed by atoms with Crippen LogP contribution in [0.15, 0.2) is 30.3 Å². The number of sulfone groups is 1. The Hall–Kier alpha value is -1.36. The Morgan fingerprint density at radius 1 is 1.29 bits per heavy atom. The normalized spacial score (nSPS) is 10.9. The molecule has 0 bridgehead atoms. The zero-order valence-electron chi connectivity index (χ0n) is 7.64. The van der Waals surface area contributed by atoms with Crippen molar-refractivity contribution < 1.29 is 17.9 Å². The molecule has 76 valence electrons. The SMILES string of the molecule is COC(=O)S(=O)(=O)Cc1ccccc1.